The minimum atomic E-state index is -0.449. The van der Waals surface area contributed by atoms with Gasteiger partial charge in [0.1, 0.15) is 23.0 Å². The van der Waals surface area contributed by atoms with Gasteiger partial charge in [-0.05, 0) is 128 Å². The normalized spacial score (nSPS) is 11.1. The van der Waals surface area contributed by atoms with Gasteiger partial charge in [-0.25, -0.2) is 14.8 Å². The lowest BCUT2D eigenvalue weighted by Crippen LogP contribution is -2.14. The van der Waals surface area contributed by atoms with Crippen molar-refractivity contribution in [3.63, 3.8) is 0 Å². The third-order valence-electron chi connectivity index (χ3n) is 9.97. The topological polar surface area (TPSA) is 138 Å². The number of nitrogens with one attached hydrogen (secondary N) is 1. The van der Waals surface area contributed by atoms with Gasteiger partial charge in [-0.3, -0.25) is 0 Å². The number of thiophene rings is 1. The van der Waals surface area contributed by atoms with Crippen LogP contribution in [0.25, 0.3) is 55.9 Å². The average Bonchev–Trinajstić information content (AvgIpc) is 4.14. The molecule has 2 aliphatic rings. The van der Waals surface area contributed by atoms with E-state index in [0.717, 1.165) is 26.0 Å². The van der Waals surface area contributed by atoms with E-state index in [4.69, 9.17) is 19.4 Å². The summed E-state index contributed by atoms with van der Waals surface area (Å²) in [4.78, 5) is 26.0. The van der Waals surface area contributed by atoms with Crippen molar-refractivity contribution in [1.29, 1.82) is 0 Å². The fraction of sp³-hybridized carbons (Fsp3) is 0.0556. The summed E-state index contributed by atoms with van der Waals surface area (Å²) in [6.07, 6.45) is 7.58. The number of carbonyl (C=O) groups excluding carboxylic acids is 1. The molecule has 9 nitrogen and oxygen atoms in total. The van der Waals surface area contributed by atoms with Crippen molar-refractivity contribution in [1.82, 2.24) is 15.0 Å². The molecule has 2 aliphatic heterocycles. The summed E-state index contributed by atoms with van der Waals surface area (Å²) < 4.78 is 12.5. The van der Waals surface area contributed by atoms with Gasteiger partial charge in [0, 0.05) is 37.2 Å². The molecule has 4 aromatic carbocycles. The highest BCUT2D eigenvalue weighted by Crippen LogP contribution is 2.36. The molecule has 0 saturated heterocycles. The predicted octanol–water partition coefficient (Wildman–Crippen LogP) is 10.3. The molecule has 9 rings (SSSR count). The number of aromatic hydroxyl groups is 3. The van der Waals surface area contributed by atoms with Crippen molar-refractivity contribution in [3.05, 3.63) is 177 Å². The lowest BCUT2D eigenvalue weighted by Gasteiger charge is -2.07. The first-order valence-electron chi connectivity index (χ1n) is 20.2. The number of fused-ring (bicyclic) bond motifs is 8. The number of phenols is 3. The molecule has 0 unspecified atom stereocenters. The van der Waals surface area contributed by atoms with Gasteiger partial charge in [0.2, 0.25) is 0 Å². The Morgan fingerprint density at radius 3 is 1.64 bits per heavy atom. The molecule has 0 aliphatic carbocycles. The van der Waals surface area contributed by atoms with E-state index in [2.05, 4.69) is 40.5 Å². The lowest BCUT2D eigenvalue weighted by atomic mass is 10.1. The number of ether oxygens (including phenoxy) is 2. The first-order chi connectivity index (χ1) is 31.3. The Balaban J connectivity index is 1.34. The van der Waals surface area contributed by atoms with Crippen LogP contribution in [0.3, 0.4) is 0 Å². The van der Waals surface area contributed by atoms with Gasteiger partial charge < -0.3 is 29.8 Å². The molecule has 308 valence electrons. The molecule has 0 saturated carbocycles. The first kappa shape index (κ1) is 40.6. The number of H-pyrrole nitrogens is 1. The number of aromatic amines is 1. The van der Waals surface area contributed by atoms with Gasteiger partial charge in [-0.15, -0.1) is 11.3 Å². The van der Waals surface area contributed by atoms with E-state index in [1.54, 1.807) is 72.9 Å². The van der Waals surface area contributed by atoms with Crippen LogP contribution in [0.1, 0.15) is 63.1 Å². The summed E-state index contributed by atoms with van der Waals surface area (Å²) in [6, 6.07) is 35.9. The molecular weight excluding hydrogens is 819 g/mol. The monoisotopic (exact) mass is 853 g/mol. The van der Waals surface area contributed by atoms with Gasteiger partial charge in [0.15, 0.2) is 6.61 Å². The summed E-state index contributed by atoms with van der Waals surface area (Å²) in [5.74, 6) is 20.1. The van der Waals surface area contributed by atoms with Crippen LogP contribution < -0.4 is 4.74 Å². The highest BCUT2D eigenvalue weighted by atomic mass is 32.1. The van der Waals surface area contributed by atoms with Gasteiger partial charge >= 0.3 is 5.97 Å². The van der Waals surface area contributed by atoms with E-state index in [0.29, 0.717) is 67.4 Å². The van der Waals surface area contributed by atoms with E-state index in [-0.39, 0.29) is 30.5 Å². The number of nitrogens with zero attached hydrogens (tertiary/aromatic N) is 2. The quantitative estimate of drug-likeness (QED) is 0.0992. The molecule has 3 aromatic heterocycles. The number of hydrogen-bond acceptors (Lipinski definition) is 9. The molecule has 7 aromatic rings. The van der Waals surface area contributed by atoms with Gasteiger partial charge in [0.05, 0.1) is 51.6 Å². The number of esters is 1. The third kappa shape index (κ3) is 9.12. The smallest absolute Gasteiger partial charge is 0.344 e. The molecule has 0 atom stereocenters. The highest BCUT2D eigenvalue weighted by molar-refractivity contribution is 7.24. The zero-order chi connectivity index (χ0) is 44.0. The molecule has 0 amide bonds. The maximum Gasteiger partial charge on any atom is 0.344 e. The number of aromatic nitrogens is 3. The molecule has 10 heteroatoms. The van der Waals surface area contributed by atoms with Gasteiger partial charge in [0.25, 0.3) is 0 Å². The molecule has 0 radical (unpaired) electrons. The molecule has 64 heavy (non-hydrogen) atoms. The van der Waals surface area contributed by atoms with E-state index in [1.165, 1.54) is 0 Å². The second-order valence-corrected chi connectivity index (χ2v) is 15.5. The van der Waals surface area contributed by atoms with Crippen LogP contribution in [-0.2, 0) is 9.53 Å². The fourth-order valence-corrected chi connectivity index (χ4v) is 8.10. The van der Waals surface area contributed by atoms with Crippen molar-refractivity contribution in [2.75, 3.05) is 13.2 Å². The first-order valence-corrected chi connectivity index (χ1v) is 21.0. The number of hydrogen-bond donors (Lipinski definition) is 4. The number of rotatable bonds is 5. The molecule has 4 N–H and O–H groups in total. The Labute approximate surface area is 372 Å². The van der Waals surface area contributed by atoms with Crippen molar-refractivity contribution in [2.24, 2.45) is 0 Å². The zero-order valence-electron chi connectivity index (χ0n) is 34.1. The van der Waals surface area contributed by atoms with Crippen LogP contribution in [-0.4, -0.2) is 49.5 Å². The fourth-order valence-electron chi connectivity index (χ4n) is 7.00. The van der Waals surface area contributed by atoms with Crippen LogP contribution in [0.2, 0.25) is 0 Å². The number of benzene rings is 4. The Kier molecular flexibility index (Phi) is 11.5. The van der Waals surface area contributed by atoms with Crippen LogP contribution in [0.5, 0.6) is 23.0 Å². The molecule has 0 fully saturated rings. The van der Waals surface area contributed by atoms with Crippen molar-refractivity contribution in [3.8, 4) is 69.6 Å². The summed E-state index contributed by atoms with van der Waals surface area (Å²) in [6.45, 7) is 1.81. The molecular formula is C54H35N3O6S. The molecule has 8 bridgehead atoms. The maximum absolute atomic E-state index is 12.0. The predicted molar refractivity (Wildman–Crippen MR) is 252 cm³/mol. The summed E-state index contributed by atoms with van der Waals surface area (Å²) in [5, 5.41) is 30.7. The maximum atomic E-state index is 12.0. The molecule has 5 heterocycles. The third-order valence-corrected chi connectivity index (χ3v) is 11.1. The lowest BCUT2D eigenvalue weighted by molar-refractivity contribution is -0.145. The second kappa shape index (κ2) is 18.1. The largest absolute Gasteiger partial charge is 0.508 e. The highest BCUT2D eigenvalue weighted by Gasteiger charge is 2.17. The van der Waals surface area contributed by atoms with Crippen LogP contribution >= 0.6 is 11.3 Å². The van der Waals surface area contributed by atoms with E-state index >= 15 is 0 Å². The Bertz CT molecular complexity index is 3270. The van der Waals surface area contributed by atoms with Crippen LogP contribution in [0.15, 0.2) is 121 Å². The Morgan fingerprint density at radius 2 is 1.08 bits per heavy atom. The minimum Gasteiger partial charge on any atom is -0.508 e. The second-order valence-electron chi connectivity index (χ2n) is 14.4. The van der Waals surface area contributed by atoms with Gasteiger partial charge in [-0.1, -0.05) is 65.9 Å². The van der Waals surface area contributed by atoms with Crippen molar-refractivity contribution < 1.29 is 29.6 Å². The van der Waals surface area contributed by atoms with Crippen molar-refractivity contribution >= 4 is 62.0 Å². The van der Waals surface area contributed by atoms with E-state index in [9.17, 15) is 20.1 Å². The zero-order valence-corrected chi connectivity index (χ0v) is 35.0. The summed E-state index contributed by atoms with van der Waals surface area (Å²) in [5.41, 5.74) is 9.29. The van der Waals surface area contributed by atoms with E-state index in [1.807, 2.05) is 91.0 Å². The standard InChI is InChI=1S/C54H35N3O6S/c1-2-62-53(61)33-63-41-17-15-37(16-18-41)54-50-27-26-48(57-50)43(20-13-35-7-4-10-39(59)31-35)46-23-22-45(55-46)42(19-12-34-6-3-9-38(58)30-34)47-24-25-49(56-47)44(51-28-29-52(54)64-51)21-14-36-8-5-11-40(60)32-36/h3-11,15-18,22-32,57-60H,2,33H2,1H3. The Hall–Kier alpha value is -8.75. The SMILES string of the molecule is CCOC(=O)COc1ccc(-c2c3ccc([nH]3)c(C#Cc3cccc(O)c3)c3nc(c(C#Cc4cccc(O)c4)c4nc(c(C#Cc5cccc(O)c5)c5ccc2s5)C=C4)C=C3)cc1. The Morgan fingerprint density at radius 1 is 0.578 bits per heavy atom. The van der Waals surface area contributed by atoms with E-state index < -0.39 is 5.97 Å². The summed E-state index contributed by atoms with van der Waals surface area (Å²) >= 11 is 1.55. The minimum absolute atomic E-state index is 0.101. The van der Waals surface area contributed by atoms with Gasteiger partial charge in [-0.2, -0.15) is 0 Å². The van der Waals surface area contributed by atoms with Crippen LogP contribution in [0, 0.1) is 35.5 Å². The van der Waals surface area contributed by atoms with Crippen LogP contribution in [0.4, 0.5) is 0 Å². The van der Waals surface area contributed by atoms with Crippen molar-refractivity contribution in [2.45, 2.75) is 6.92 Å². The summed E-state index contributed by atoms with van der Waals surface area (Å²) in [7, 11) is 0. The molecule has 0 spiro atoms. The number of carbonyl (C=O) groups is 1. The number of phenolic OH excluding ortho intramolecular Hbond substituents is 3. The average molecular weight is 854 g/mol.